The third-order valence-corrected chi connectivity index (χ3v) is 5.54. The molecule has 0 atom stereocenters. The van der Waals surface area contributed by atoms with Gasteiger partial charge in [-0.25, -0.2) is 4.98 Å². The summed E-state index contributed by atoms with van der Waals surface area (Å²) in [6.45, 7) is 2.49. The van der Waals surface area contributed by atoms with Crippen molar-refractivity contribution in [2.75, 3.05) is 12.4 Å². The summed E-state index contributed by atoms with van der Waals surface area (Å²) < 4.78 is 6.82. The lowest BCUT2D eigenvalue weighted by Crippen LogP contribution is -2.02. The second-order valence-corrected chi connectivity index (χ2v) is 7.31. The number of nitro groups is 1. The fourth-order valence-corrected chi connectivity index (χ4v) is 4.18. The zero-order chi connectivity index (χ0) is 17.8. The quantitative estimate of drug-likeness (QED) is 0.261. The van der Waals surface area contributed by atoms with Crippen LogP contribution < -0.4 is 4.74 Å². The molecular weight excluding hydrogens is 360 g/mol. The minimum atomic E-state index is -0.429. The van der Waals surface area contributed by atoms with E-state index in [1.165, 1.54) is 35.2 Å². The summed E-state index contributed by atoms with van der Waals surface area (Å²) in [4.78, 5) is 27.1. The van der Waals surface area contributed by atoms with Crippen LogP contribution >= 0.6 is 23.1 Å². The average molecular weight is 374 g/mol. The van der Waals surface area contributed by atoms with Crippen LogP contribution in [0.4, 0.5) is 5.69 Å². The molecule has 0 unspecified atom stereocenters. The van der Waals surface area contributed by atoms with Gasteiger partial charge in [-0.15, -0.1) is 11.3 Å². The number of carbonyl (C=O) groups excluding carboxylic acids is 1. The van der Waals surface area contributed by atoms with Crippen molar-refractivity contribution in [2.45, 2.75) is 11.3 Å². The molecule has 0 aliphatic carbocycles. The molecule has 3 rings (SSSR count). The predicted octanol–water partition coefficient (Wildman–Crippen LogP) is 4.58. The first-order chi connectivity index (χ1) is 12.1. The average Bonchev–Trinajstić information content (AvgIpc) is 3.02. The van der Waals surface area contributed by atoms with Gasteiger partial charge in [0.05, 0.1) is 27.5 Å². The van der Waals surface area contributed by atoms with E-state index in [9.17, 15) is 14.9 Å². The maximum atomic E-state index is 12.3. The van der Waals surface area contributed by atoms with Crippen molar-refractivity contribution in [1.82, 2.24) is 4.98 Å². The molecule has 1 heterocycles. The molecule has 0 aliphatic heterocycles. The highest BCUT2D eigenvalue weighted by Crippen LogP contribution is 2.32. The number of carbonyl (C=O) groups is 1. The Hall–Kier alpha value is -2.45. The van der Waals surface area contributed by atoms with Crippen molar-refractivity contribution in [2.24, 2.45) is 0 Å². The van der Waals surface area contributed by atoms with Crippen molar-refractivity contribution in [3.05, 3.63) is 58.1 Å². The maximum absolute atomic E-state index is 12.3. The van der Waals surface area contributed by atoms with Gasteiger partial charge in [0.2, 0.25) is 0 Å². The van der Waals surface area contributed by atoms with E-state index in [0.29, 0.717) is 17.7 Å². The molecule has 0 spiro atoms. The molecule has 128 valence electrons. The number of thiazole rings is 1. The highest BCUT2D eigenvalue weighted by molar-refractivity contribution is 8.01. The van der Waals surface area contributed by atoms with Gasteiger partial charge in [-0.2, -0.15) is 0 Å². The van der Waals surface area contributed by atoms with Crippen LogP contribution in [-0.2, 0) is 0 Å². The first kappa shape index (κ1) is 17.4. The van der Waals surface area contributed by atoms with Crippen molar-refractivity contribution in [1.29, 1.82) is 0 Å². The number of ketones is 1. The normalized spacial score (nSPS) is 10.8. The summed E-state index contributed by atoms with van der Waals surface area (Å²) >= 11 is 2.68. The number of non-ortho nitro benzene ring substituents is 1. The zero-order valence-electron chi connectivity index (χ0n) is 13.3. The molecule has 0 fully saturated rings. The molecule has 6 nitrogen and oxygen atoms in total. The molecule has 0 saturated heterocycles. The molecule has 0 bridgehead atoms. The Balaban J connectivity index is 1.67. The Morgan fingerprint density at radius 2 is 2.04 bits per heavy atom. The highest BCUT2D eigenvalue weighted by atomic mass is 32.2. The monoisotopic (exact) mass is 374 g/mol. The van der Waals surface area contributed by atoms with Crippen LogP contribution in [0.2, 0.25) is 0 Å². The number of benzene rings is 2. The fraction of sp³-hybridized carbons (Fsp3) is 0.176. The summed E-state index contributed by atoms with van der Waals surface area (Å²) in [5, 5.41) is 10.8. The lowest BCUT2D eigenvalue weighted by atomic mass is 10.1. The summed E-state index contributed by atoms with van der Waals surface area (Å²) in [5.41, 5.74) is 1.36. The largest absolute Gasteiger partial charge is 0.494 e. The van der Waals surface area contributed by atoms with E-state index in [0.717, 1.165) is 14.8 Å². The standard InChI is InChI=1S/C17H14N2O4S2/c1-2-23-13-6-3-11(4-7-13)15(20)10-24-17-18-14-8-5-12(19(21)22)9-16(14)25-17/h3-9H,2,10H2,1H3. The Kier molecular flexibility index (Phi) is 5.30. The minimum Gasteiger partial charge on any atom is -0.494 e. The molecule has 8 heteroatoms. The van der Waals surface area contributed by atoms with Gasteiger partial charge in [0.15, 0.2) is 10.1 Å². The number of nitrogens with zero attached hydrogens (tertiary/aromatic N) is 2. The number of hydrogen-bond donors (Lipinski definition) is 0. The third-order valence-electron chi connectivity index (χ3n) is 3.38. The number of thioether (sulfide) groups is 1. The Labute approximate surface area is 152 Å². The first-order valence-electron chi connectivity index (χ1n) is 7.50. The Morgan fingerprint density at radius 3 is 2.72 bits per heavy atom. The van der Waals surface area contributed by atoms with Crippen LogP contribution in [0.5, 0.6) is 5.75 Å². The molecule has 2 aromatic carbocycles. The van der Waals surface area contributed by atoms with Crippen molar-refractivity contribution in [3.8, 4) is 5.75 Å². The van der Waals surface area contributed by atoms with E-state index in [1.54, 1.807) is 30.3 Å². The van der Waals surface area contributed by atoms with E-state index < -0.39 is 4.92 Å². The summed E-state index contributed by atoms with van der Waals surface area (Å²) in [6, 6.07) is 11.6. The molecule has 0 N–H and O–H groups in total. The maximum Gasteiger partial charge on any atom is 0.270 e. The van der Waals surface area contributed by atoms with Gasteiger partial charge in [0.1, 0.15) is 5.75 Å². The lowest BCUT2D eigenvalue weighted by Gasteiger charge is -2.04. The second-order valence-electron chi connectivity index (χ2n) is 5.06. The SMILES string of the molecule is CCOc1ccc(C(=O)CSc2nc3ccc([N+](=O)[O-])cc3s2)cc1. The van der Waals surface area contributed by atoms with Gasteiger partial charge in [0, 0.05) is 17.7 Å². The van der Waals surface area contributed by atoms with Crippen LogP contribution in [0.1, 0.15) is 17.3 Å². The number of nitro benzene ring substituents is 1. The number of Topliss-reactive ketones (excluding diaryl/α,β-unsaturated/α-hetero) is 1. The van der Waals surface area contributed by atoms with Gasteiger partial charge in [-0.1, -0.05) is 11.8 Å². The van der Waals surface area contributed by atoms with Gasteiger partial charge in [-0.05, 0) is 37.3 Å². The first-order valence-corrected chi connectivity index (χ1v) is 9.31. The van der Waals surface area contributed by atoms with Gasteiger partial charge < -0.3 is 4.74 Å². The minimum absolute atomic E-state index is 0.00159. The number of aromatic nitrogens is 1. The van der Waals surface area contributed by atoms with Crippen LogP contribution in [0.15, 0.2) is 46.8 Å². The van der Waals surface area contributed by atoms with Crippen LogP contribution in [0, 0.1) is 10.1 Å². The second kappa shape index (κ2) is 7.62. The smallest absolute Gasteiger partial charge is 0.270 e. The number of ether oxygens (including phenoxy) is 1. The van der Waals surface area contributed by atoms with Gasteiger partial charge >= 0.3 is 0 Å². The lowest BCUT2D eigenvalue weighted by molar-refractivity contribution is -0.384. The van der Waals surface area contributed by atoms with E-state index in [4.69, 9.17) is 4.74 Å². The van der Waals surface area contributed by atoms with E-state index >= 15 is 0 Å². The molecule has 0 radical (unpaired) electrons. The molecule has 0 aliphatic rings. The molecule has 25 heavy (non-hydrogen) atoms. The summed E-state index contributed by atoms with van der Waals surface area (Å²) in [5.74, 6) is 0.994. The van der Waals surface area contributed by atoms with Gasteiger partial charge in [-0.3, -0.25) is 14.9 Å². The van der Waals surface area contributed by atoms with Crippen LogP contribution in [0.3, 0.4) is 0 Å². The fourth-order valence-electron chi connectivity index (χ4n) is 2.18. The molecule has 0 saturated carbocycles. The van der Waals surface area contributed by atoms with E-state index in [2.05, 4.69) is 4.98 Å². The van der Waals surface area contributed by atoms with Gasteiger partial charge in [0.25, 0.3) is 5.69 Å². The number of fused-ring (bicyclic) bond motifs is 1. The van der Waals surface area contributed by atoms with Crippen molar-refractivity contribution in [3.63, 3.8) is 0 Å². The highest BCUT2D eigenvalue weighted by Gasteiger charge is 2.12. The Bertz CT molecular complexity index is 922. The number of hydrogen-bond acceptors (Lipinski definition) is 7. The van der Waals surface area contributed by atoms with E-state index in [1.807, 2.05) is 6.92 Å². The summed E-state index contributed by atoms with van der Waals surface area (Å²) in [6.07, 6.45) is 0. The molecular formula is C17H14N2O4S2. The zero-order valence-corrected chi connectivity index (χ0v) is 14.9. The molecule has 0 amide bonds. The Morgan fingerprint density at radius 1 is 1.28 bits per heavy atom. The predicted molar refractivity (Wildman–Crippen MR) is 98.9 cm³/mol. The third kappa shape index (κ3) is 4.15. The van der Waals surface area contributed by atoms with Crippen molar-refractivity contribution >= 4 is 44.8 Å². The topological polar surface area (TPSA) is 82.3 Å². The van der Waals surface area contributed by atoms with E-state index in [-0.39, 0.29) is 17.2 Å². The van der Waals surface area contributed by atoms with Crippen molar-refractivity contribution < 1.29 is 14.5 Å². The van der Waals surface area contributed by atoms with Crippen LogP contribution in [-0.4, -0.2) is 28.1 Å². The summed E-state index contributed by atoms with van der Waals surface area (Å²) in [7, 11) is 0. The number of rotatable bonds is 7. The molecule has 3 aromatic rings. The molecule has 1 aromatic heterocycles. The van der Waals surface area contributed by atoms with Crippen LogP contribution in [0.25, 0.3) is 10.2 Å².